The fourth-order valence-electron chi connectivity index (χ4n) is 5.14. The van der Waals surface area contributed by atoms with Gasteiger partial charge in [0.1, 0.15) is 5.75 Å². The van der Waals surface area contributed by atoms with Crippen LogP contribution in [0.15, 0.2) is 42.5 Å². The molecule has 0 amide bonds. The number of hydrogen-bond donors (Lipinski definition) is 1. The zero-order valence-electron chi connectivity index (χ0n) is 16.5. The van der Waals surface area contributed by atoms with Crippen molar-refractivity contribution >= 4 is 17.6 Å². The Balaban J connectivity index is 1.15. The molecule has 5 heteroatoms. The molecule has 2 aromatic rings. The number of carbonyl (C=O) groups is 1. The first-order valence-electron chi connectivity index (χ1n) is 10.4. The first-order chi connectivity index (χ1) is 14.0. The number of carboxylic acid groups (broad SMARTS) is 1. The van der Waals surface area contributed by atoms with Gasteiger partial charge in [-0.3, -0.25) is 4.79 Å². The van der Waals surface area contributed by atoms with Crippen LogP contribution in [-0.4, -0.2) is 42.2 Å². The Bertz CT molecular complexity index is 947. The van der Waals surface area contributed by atoms with Crippen LogP contribution in [0.4, 0.5) is 0 Å². The summed E-state index contributed by atoms with van der Waals surface area (Å²) in [5.74, 6) is 0.314. The molecule has 2 fully saturated rings. The van der Waals surface area contributed by atoms with Gasteiger partial charge in [0.2, 0.25) is 0 Å². The van der Waals surface area contributed by atoms with Crippen LogP contribution in [0.3, 0.4) is 0 Å². The number of ether oxygens (including phenoxy) is 1. The topological polar surface area (TPSA) is 49.8 Å². The van der Waals surface area contributed by atoms with Crippen molar-refractivity contribution in [2.75, 3.05) is 26.2 Å². The third kappa shape index (κ3) is 3.76. The Morgan fingerprint density at radius 2 is 1.90 bits per heavy atom. The summed E-state index contributed by atoms with van der Waals surface area (Å²) in [6.45, 7) is 3.39. The average Bonchev–Trinajstić information content (AvgIpc) is 3.34. The van der Waals surface area contributed by atoms with E-state index in [1.54, 1.807) is 0 Å². The fourth-order valence-corrected chi connectivity index (χ4v) is 5.35. The van der Waals surface area contributed by atoms with Gasteiger partial charge in [-0.2, -0.15) is 0 Å². The van der Waals surface area contributed by atoms with Crippen LogP contribution < -0.4 is 4.74 Å². The molecule has 1 saturated carbocycles. The molecule has 0 radical (unpaired) electrons. The van der Waals surface area contributed by atoms with Crippen molar-refractivity contribution in [1.82, 2.24) is 4.90 Å². The molecule has 5 rings (SSSR count). The average molecular weight is 412 g/mol. The van der Waals surface area contributed by atoms with Gasteiger partial charge in [0.15, 0.2) is 0 Å². The van der Waals surface area contributed by atoms with Crippen LogP contribution >= 0.6 is 11.6 Å². The van der Waals surface area contributed by atoms with E-state index < -0.39 is 11.4 Å². The molecule has 152 valence electrons. The molecule has 1 spiro atoms. The van der Waals surface area contributed by atoms with Crippen molar-refractivity contribution in [3.63, 3.8) is 0 Å². The zero-order valence-corrected chi connectivity index (χ0v) is 17.3. The van der Waals surface area contributed by atoms with Crippen LogP contribution in [0.2, 0.25) is 5.02 Å². The van der Waals surface area contributed by atoms with Crippen molar-refractivity contribution in [2.24, 2.45) is 10.8 Å². The molecule has 0 unspecified atom stereocenters. The maximum atomic E-state index is 11.4. The van der Waals surface area contributed by atoms with E-state index in [0.717, 1.165) is 62.5 Å². The largest absolute Gasteiger partial charge is 0.493 e. The summed E-state index contributed by atoms with van der Waals surface area (Å²) < 4.78 is 6.00. The highest BCUT2D eigenvalue weighted by Gasteiger charge is 2.55. The maximum absolute atomic E-state index is 11.4. The smallest absolute Gasteiger partial charge is 0.310 e. The fraction of sp³-hybridized carbons (Fsp3) is 0.458. The lowest BCUT2D eigenvalue weighted by Crippen LogP contribution is -2.58. The van der Waals surface area contributed by atoms with Gasteiger partial charge in [-0.1, -0.05) is 29.8 Å². The maximum Gasteiger partial charge on any atom is 0.310 e. The quantitative estimate of drug-likeness (QED) is 0.740. The third-order valence-corrected chi connectivity index (χ3v) is 7.04. The van der Waals surface area contributed by atoms with Crippen molar-refractivity contribution < 1.29 is 14.6 Å². The minimum atomic E-state index is -0.618. The molecule has 0 atom stereocenters. The van der Waals surface area contributed by atoms with Crippen LogP contribution in [-0.2, 0) is 24.1 Å². The predicted molar refractivity (Wildman–Crippen MR) is 113 cm³/mol. The minimum absolute atomic E-state index is 0.302. The van der Waals surface area contributed by atoms with E-state index in [4.69, 9.17) is 16.3 Å². The van der Waals surface area contributed by atoms with Gasteiger partial charge < -0.3 is 14.7 Å². The van der Waals surface area contributed by atoms with Crippen LogP contribution in [0.25, 0.3) is 0 Å². The van der Waals surface area contributed by atoms with E-state index in [0.29, 0.717) is 12.0 Å². The molecule has 0 aromatic heterocycles. The minimum Gasteiger partial charge on any atom is -0.493 e. The van der Waals surface area contributed by atoms with Gasteiger partial charge in [0.25, 0.3) is 0 Å². The number of benzene rings is 2. The van der Waals surface area contributed by atoms with Crippen LogP contribution in [0, 0.1) is 10.8 Å². The van der Waals surface area contributed by atoms with Crippen molar-refractivity contribution in [3.8, 4) is 5.75 Å². The standard InChI is InChI=1S/C24H26ClNO3/c25-20-3-1-2-17(10-20)6-9-29-21-5-4-18-12-23(13-19(18)11-21)14-26(15-23)16-24(7-8-24)22(27)28/h1-5,10-11H,6-9,12-16H2,(H,27,28). The molecular weight excluding hydrogens is 386 g/mol. The van der Waals surface area contributed by atoms with Crippen LogP contribution in [0.5, 0.6) is 5.75 Å². The highest BCUT2D eigenvalue weighted by atomic mass is 35.5. The lowest BCUT2D eigenvalue weighted by atomic mass is 9.76. The van der Waals surface area contributed by atoms with Gasteiger partial charge in [-0.15, -0.1) is 0 Å². The van der Waals surface area contributed by atoms with E-state index in [2.05, 4.69) is 29.2 Å². The molecule has 2 aliphatic carbocycles. The lowest BCUT2D eigenvalue weighted by Gasteiger charge is -2.49. The SMILES string of the molecule is O=C(O)C1(CN2CC3(Cc4ccc(OCCc5cccc(Cl)c5)cc4C3)C2)CC1. The van der Waals surface area contributed by atoms with E-state index in [-0.39, 0.29) is 0 Å². The summed E-state index contributed by atoms with van der Waals surface area (Å²) >= 11 is 6.04. The Labute approximate surface area is 176 Å². The summed E-state index contributed by atoms with van der Waals surface area (Å²) in [5.41, 5.74) is 3.85. The Morgan fingerprint density at radius 1 is 1.10 bits per heavy atom. The molecule has 0 bridgehead atoms. The van der Waals surface area contributed by atoms with Gasteiger partial charge in [0.05, 0.1) is 12.0 Å². The lowest BCUT2D eigenvalue weighted by molar-refractivity contribution is -0.145. The number of carboxylic acids is 1. The Morgan fingerprint density at radius 3 is 2.62 bits per heavy atom. The second-order valence-electron chi connectivity index (χ2n) is 9.24. The van der Waals surface area contributed by atoms with Crippen molar-refractivity contribution in [2.45, 2.75) is 32.1 Å². The molecule has 1 N–H and O–H groups in total. The molecular formula is C24H26ClNO3. The van der Waals surface area contributed by atoms with Crippen molar-refractivity contribution in [3.05, 3.63) is 64.2 Å². The number of fused-ring (bicyclic) bond motifs is 1. The predicted octanol–water partition coefficient (Wildman–Crippen LogP) is 4.23. The first kappa shape index (κ1) is 19.0. The zero-order chi connectivity index (χ0) is 20.1. The van der Waals surface area contributed by atoms with Gasteiger partial charge in [-0.25, -0.2) is 0 Å². The normalized spacial score (nSPS) is 20.9. The number of likely N-dealkylation sites (tertiary alicyclic amines) is 1. The summed E-state index contributed by atoms with van der Waals surface area (Å²) in [7, 11) is 0. The molecule has 2 aromatic carbocycles. The second-order valence-corrected chi connectivity index (χ2v) is 9.68. The summed E-state index contributed by atoms with van der Waals surface area (Å²) in [6.07, 6.45) is 4.68. The highest BCUT2D eigenvalue weighted by Crippen LogP contribution is 2.51. The second kappa shape index (κ2) is 7.03. The monoisotopic (exact) mass is 411 g/mol. The van der Waals surface area contributed by atoms with Gasteiger partial charge in [0, 0.05) is 36.5 Å². The molecule has 3 aliphatic rings. The Kier molecular flexibility index (Phi) is 4.60. The molecule has 1 saturated heterocycles. The number of aliphatic carboxylic acids is 1. The molecule has 29 heavy (non-hydrogen) atoms. The first-order valence-corrected chi connectivity index (χ1v) is 10.8. The highest BCUT2D eigenvalue weighted by molar-refractivity contribution is 6.30. The summed E-state index contributed by atoms with van der Waals surface area (Å²) in [5, 5.41) is 10.2. The van der Waals surface area contributed by atoms with Gasteiger partial charge in [-0.05, 0) is 66.6 Å². The Hall–Kier alpha value is -2.04. The summed E-state index contributed by atoms with van der Waals surface area (Å²) in [4.78, 5) is 13.8. The molecule has 1 aliphatic heterocycles. The third-order valence-electron chi connectivity index (χ3n) is 6.81. The van der Waals surface area contributed by atoms with Gasteiger partial charge >= 0.3 is 5.97 Å². The van der Waals surface area contributed by atoms with E-state index in [9.17, 15) is 9.90 Å². The summed E-state index contributed by atoms with van der Waals surface area (Å²) in [6, 6.07) is 14.4. The number of halogens is 1. The molecule has 1 heterocycles. The van der Waals surface area contributed by atoms with Crippen LogP contribution in [0.1, 0.15) is 29.5 Å². The number of hydrogen-bond acceptors (Lipinski definition) is 3. The molecule has 4 nitrogen and oxygen atoms in total. The van der Waals surface area contributed by atoms with E-state index in [1.165, 1.54) is 16.7 Å². The van der Waals surface area contributed by atoms with E-state index >= 15 is 0 Å². The number of nitrogens with zero attached hydrogens (tertiary/aromatic N) is 1. The van der Waals surface area contributed by atoms with E-state index in [1.807, 2.05) is 18.2 Å². The number of rotatable bonds is 7. The van der Waals surface area contributed by atoms with Crippen molar-refractivity contribution in [1.29, 1.82) is 0 Å².